The molecule has 1 atom stereocenters. The van der Waals surface area contributed by atoms with Crippen LogP contribution in [0.1, 0.15) is 41.0 Å². The van der Waals surface area contributed by atoms with Crippen LogP contribution in [-0.2, 0) is 14.4 Å². The van der Waals surface area contributed by atoms with Crippen molar-refractivity contribution < 1.29 is 19.5 Å². The van der Waals surface area contributed by atoms with Gasteiger partial charge in [-0.2, -0.15) is 0 Å². The van der Waals surface area contributed by atoms with E-state index in [1.807, 2.05) is 0 Å². The van der Waals surface area contributed by atoms with Gasteiger partial charge in [-0.15, -0.1) is 0 Å². The molecule has 0 heterocycles. The van der Waals surface area contributed by atoms with Crippen LogP contribution in [0, 0.1) is 10.8 Å². The van der Waals surface area contributed by atoms with Gasteiger partial charge in [0.25, 0.3) is 0 Å². The van der Waals surface area contributed by atoms with Gasteiger partial charge >= 0.3 is 5.97 Å². The summed E-state index contributed by atoms with van der Waals surface area (Å²) in [7, 11) is 0. The van der Waals surface area contributed by atoms with Gasteiger partial charge < -0.3 is 9.90 Å². The predicted octanol–water partition coefficient (Wildman–Crippen LogP) is 1.67. The Bertz CT molecular complexity index is 288. The predicted molar refractivity (Wildman–Crippen MR) is 55.5 cm³/mol. The largest absolute Gasteiger partial charge is 0.480 e. The molecule has 0 aliphatic carbocycles. The lowest BCUT2D eigenvalue weighted by atomic mass is 9.62. The molecule has 0 spiro atoms. The SMILES string of the molecule is CC(=O)CC(C)(C)C(C)(C(C)=O)C(=O)O. The zero-order valence-electron chi connectivity index (χ0n) is 9.88. The van der Waals surface area contributed by atoms with Gasteiger partial charge in [0.1, 0.15) is 17.0 Å². The Morgan fingerprint density at radius 1 is 1.07 bits per heavy atom. The van der Waals surface area contributed by atoms with E-state index in [1.165, 1.54) is 20.8 Å². The van der Waals surface area contributed by atoms with E-state index < -0.39 is 22.6 Å². The molecule has 0 rings (SSSR count). The minimum atomic E-state index is -1.52. The lowest BCUT2D eigenvalue weighted by molar-refractivity contribution is -0.161. The Balaban J connectivity index is 5.35. The molecule has 0 amide bonds. The molecule has 0 aromatic carbocycles. The summed E-state index contributed by atoms with van der Waals surface area (Å²) in [5, 5.41) is 9.12. The van der Waals surface area contributed by atoms with Crippen molar-refractivity contribution >= 4 is 17.5 Å². The topological polar surface area (TPSA) is 71.4 Å². The molecule has 0 fully saturated rings. The van der Waals surface area contributed by atoms with Crippen molar-refractivity contribution in [3.05, 3.63) is 0 Å². The number of carbonyl (C=O) groups excluding carboxylic acids is 2. The first-order chi connectivity index (χ1) is 6.55. The summed E-state index contributed by atoms with van der Waals surface area (Å²) in [6, 6.07) is 0. The third-order valence-electron chi connectivity index (χ3n) is 3.18. The summed E-state index contributed by atoms with van der Waals surface area (Å²) in [6.07, 6.45) is 0.0787. The minimum Gasteiger partial charge on any atom is -0.480 e. The third kappa shape index (κ3) is 2.43. The Morgan fingerprint density at radius 2 is 1.47 bits per heavy atom. The molecule has 0 aromatic heterocycles. The fourth-order valence-corrected chi connectivity index (χ4v) is 1.72. The van der Waals surface area contributed by atoms with E-state index >= 15 is 0 Å². The van der Waals surface area contributed by atoms with Gasteiger partial charge in [0.15, 0.2) is 0 Å². The summed E-state index contributed by atoms with van der Waals surface area (Å²) >= 11 is 0. The van der Waals surface area contributed by atoms with Crippen molar-refractivity contribution in [3.8, 4) is 0 Å². The number of hydrogen-bond acceptors (Lipinski definition) is 3. The smallest absolute Gasteiger partial charge is 0.317 e. The lowest BCUT2D eigenvalue weighted by Crippen LogP contribution is -2.48. The number of carboxylic acid groups (broad SMARTS) is 1. The summed E-state index contributed by atoms with van der Waals surface area (Å²) < 4.78 is 0. The van der Waals surface area contributed by atoms with Crippen molar-refractivity contribution in [1.82, 2.24) is 0 Å². The molecular formula is C11H18O4. The van der Waals surface area contributed by atoms with E-state index in [2.05, 4.69) is 0 Å². The van der Waals surface area contributed by atoms with Crippen LogP contribution in [0.3, 0.4) is 0 Å². The van der Waals surface area contributed by atoms with Crippen LogP contribution in [0.15, 0.2) is 0 Å². The third-order valence-corrected chi connectivity index (χ3v) is 3.18. The lowest BCUT2D eigenvalue weighted by Gasteiger charge is -2.38. The van der Waals surface area contributed by atoms with E-state index in [4.69, 9.17) is 5.11 Å². The molecule has 0 saturated carbocycles. The van der Waals surface area contributed by atoms with E-state index in [-0.39, 0.29) is 12.2 Å². The fraction of sp³-hybridized carbons (Fsp3) is 0.727. The molecule has 0 saturated heterocycles. The van der Waals surface area contributed by atoms with Crippen LogP contribution in [0.25, 0.3) is 0 Å². The van der Waals surface area contributed by atoms with Gasteiger partial charge in [0, 0.05) is 6.42 Å². The molecule has 4 heteroatoms. The van der Waals surface area contributed by atoms with E-state index in [0.717, 1.165) is 0 Å². The van der Waals surface area contributed by atoms with Crippen molar-refractivity contribution in [1.29, 1.82) is 0 Å². The maximum Gasteiger partial charge on any atom is 0.317 e. The molecule has 4 nitrogen and oxygen atoms in total. The molecule has 1 unspecified atom stereocenters. The van der Waals surface area contributed by atoms with Gasteiger partial charge in [-0.25, -0.2) is 0 Å². The summed E-state index contributed by atoms with van der Waals surface area (Å²) in [5.41, 5.74) is -2.39. The number of ketones is 2. The summed E-state index contributed by atoms with van der Waals surface area (Å²) in [6.45, 7) is 7.27. The number of rotatable bonds is 5. The molecule has 15 heavy (non-hydrogen) atoms. The Hall–Kier alpha value is -1.19. The second-order valence-electron chi connectivity index (χ2n) is 4.75. The minimum absolute atomic E-state index is 0.0787. The van der Waals surface area contributed by atoms with Crippen molar-refractivity contribution in [2.24, 2.45) is 10.8 Å². The maximum absolute atomic E-state index is 11.4. The van der Waals surface area contributed by atoms with Crippen molar-refractivity contribution in [2.45, 2.75) is 41.0 Å². The fourth-order valence-electron chi connectivity index (χ4n) is 1.72. The molecule has 0 aliphatic rings. The highest BCUT2D eigenvalue weighted by Gasteiger charge is 2.51. The maximum atomic E-state index is 11.4. The van der Waals surface area contributed by atoms with Gasteiger partial charge in [-0.3, -0.25) is 9.59 Å². The Kier molecular flexibility index (Phi) is 3.80. The highest BCUT2D eigenvalue weighted by atomic mass is 16.4. The quantitative estimate of drug-likeness (QED) is 0.706. The average Bonchev–Trinajstić information content (AvgIpc) is 1.98. The number of carbonyl (C=O) groups is 3. The van der Waals surface area contributed by atoms with Crippen LogP contribution in [0.4, 0.5) is 0 Å². The first-order valence-corrected chi connectivity index (χ1v) is 4.79. The van der Waals surface area contributed by atoms with Crippen LogP contribution in [-0.4, -0.2) is 22.6 Å². The van der Waals surface area contributed by atoms with Crippen LogP contribution in [0.5, 0.6) is 0 Å². The van der Waals surface area contributed by atoms with Gasteiger partial charge in [0.05, 0.1) is 0 Å². The van der Waals surface area contributed by atoms with Crippen molar-refractivity contribution in [3.63, 3.8) is 0 Å². The second-order valence-corrected chi connectivity index (χ2v) is 4.75. The van der Waals surface area contributed by atoms with Gasteiger partial charge in [-0.05, 0) is 26.2 Å². The average molecular weight is 214 g/mol. The molecule has 0 radical (unpaired) electrons. The standard InChI is InChI=1S/C11H18O4/c1-7(12)6-10(3,4)11(5,8(2)13)9(14)15/h6H2,1-5H3,(H,14,15). The zero-order chi connectivity index (χ0) is 12.4. The highest BCUT2D eigenvalue weighted by molar-refractivity contribution is 6.02. The summed E-state index contributed by atoms with van der Waals surface area (Å²) in [5.74, 6) is -1.73. The number of hydrogen-bond donors (Lipinski definition) is 1. The second kappa shape index (κ2) is 4.13. The highest BCUT2D eigenvalue weighted by Crippen LogP contribution is 2.42. The zero-order valence-corrected chi connectivity index (χ0v) is 9.88. The Morgan fingerprint density at radius 3 is 1.67 bits per heavy atom. The first kappa shape index (κ1) is 13.8. The van der Waals surface area contributed by atoms with E-state index in [9.17, 15) is 14.4 Å². The molecule has 0 aliphatic heterocycles. The normalized spacial score (nSPS) is 15.5. The Labute approximate surface area is 89.7 Å². The molecule has 0 aromatic rings. The summed E-state index contributed by atoms with van der Waals surface area (Å²) in [4.78, 5) is 33.6. The van der Waals surface area contributed by atoms with Gasteiger partial charge in [-0.1, -0.05) is 13.8 Å². The van der Waals surface area contributed by atoms with Crippen LogP contribution < -0.4 is 0 Å². The van der Waals surface area contributed by atoms with Crippen LogP contribution in [0.2, 0.25) is 0 Å². The molecular weight excluding hydrogens is 196 g/mol. The van der Waals surface area contributed by atoms with Crippen molar-refractivity contribution in [2.75, 3.05) is 0 Å². The molecule has 1 N–H and O–H groups in total. The first-order valence-electron chi connectivity index (χ1n) is 4.79. The number of carboxylic acids is 1. The molecule has 0 bridgehead atoms. The van der Waals surface area contributed by atoms with E-state index in [0.29, 0.717) is 0 Å². The van der Waals surface area contributed by atoms with Crippen LogP contribution >= 0.6 is 0 Å². The van der Waals surface area contributed by atoms with Gasteiger partial charge in [0.2, 0.25) is 0 Å². The monoisotopic (exact) mass is 214 g/mol. The number of Topliss-reactive ketones (excluding diaryl/α,β-unsaturated/α-hetero) is 2. The number of aliphatic carboxylic acids is 1. The van der Waals surface area contributed by atoms with E-state index in [1.54, 1.807) is 13.8 Å². The molecule has 86 valence electrons.